The largest absolute Gasteiger partial charge is 0.325 e. The van der Waals surface area contributed by atoms with Gasteiger partial charge in [-0.2, -0.15) is 0 Å². The Hall–Kier alpha value is -2.90. The van der Waals surface area contributed by atoms with Crippen LogP contribution < -0.4 is 16.0 Å². The fourth-order valence-electron chi connectivity index (χ4n) is 3.21. The lowest BCUT2D eigenvalue weighted by Gasteiger charge is -2.20. The molecule has 2 aliphatic rings. The fraction of sp³-hybridized carbons (Fsp3) is 0.444. The van der Waals surface area contributed by atoms with Crippen LogP contribution in [0.2, 0.25) is 0 Å². The summed E-state index contributed by atoms with van der Waals surface area (Å²) in [6, 6.07) is 4.18. The van der Waals surface area contributed by atoms with E-state index in [1.54, 1.807) is 13.0 Å². The van der Waals surface area contributed by atoms with E-state index in [4.69, 9.17) is 0 Å². The van der Waals surface area contributed by atoms with Crippen LogP contribution in [0, 0.1) is 19.8 Å². The maximum Gasteiger partial charge on any atom is 0.325 e. The number of rotatable bonds is 4. The van der Waals surface area contributed by atoms with Crippen molar-refractivity contribution in [1.82, 2.24) is 15.5 Å². The lowest BCUT2D eigenvalue weighted by Crippen LogP contribution is -2.47. The van der Waals surface area contributed by atoms with Gasteiger partial charge in [0.25, 0.3) is 5.91 Å². The SMILES string of the molecule is Cc1ccc(NC(=O)NC(=O)CN2C(=O)NC(C)(C3CC3)C2=O)c(C)c1. The Balaban J connectivity index is 1.57. The van der Waals surface area contributed by atoms with Crippen molar-refractivity contribution in [3.63, 3.8) is 0 Å². The molecule has 0 bridgehead atoms. The molecule has 26 heavy (non-hydrogen) atoms. The van der Waals surface area contributed by atoms with Gasteiger partial charge in [0.05, 0.1) is 0 Å². The third kappa shape index (κ3) is 3.40. The van der Waals surface area contributed by atoms with Crippen LogP contribution in [0.25, 0.3) is 0 Å². The average molecular weight is 358 g/mol. The molecule has 2 fully saturated rings. The van der Waals surface area contributed by atoms with Crippen LogP contribution in [0.5, 0.6) is 0 Å². The van der Waals surface area contributed by atoms with Gasteiger partial charge in [-0.3, -0.25) is 19.8 Å². The summed E-state index contributed by atoms with van der Waals surface area (Å²) in [5.74, 6) is -1.04. The lowest BCUT2D eigenvalue weighted by molar-refractivity contribution is -0.134. The summed E-state index contributed by atoms with van der Waals surface area (Å²) < 4.78 is 0. The highest BCUT2D eigenvalue weighted by Crippen LogP contribution is 2.42. The van der Waals surface area contributed by atoms with Crippen LogP contribution in [0.15, 0.2) is 18.2 Å². The number of nitrogens with one attached hydrogen (secondary N) is 3. The summed E-state index contributed by atoms with van der Waals surface area (Å²) in [6.45, 7) is 4.97. The smallest absolute Gasteiger partial charge is 0.323 e. The van der Waals surface area contributed by atoms with E-state index in [0.717, 1.165) is 28.9 Å². The standard InChI is InChI=1S/C18H22N4O4/c1-10-4-7-13(11(2)8-10)19-16(25)20-14(23)9-22-15(24)18(3,12-5-6-12)21-17(22)26/h4,7-8,12H,5-6,9H2,1-3H3,(H,21,26)(H2,19,20,23,25). The summed E-state index contributed by atoms with van der Waals surface area (Å²) in [5, 5.41) is 7.39. The molecule has 1 aromatic carbocycles. The van der Waals surface area contributed by atoms with E-state index in [-0.39, 0.29) is 5.92 Å². The van der Waals surface area contributed by atoms with Gasteiger partial charge >= 0.3 is 12.1 Å². The number of urea groups is 2. The van der Waals surface area contributed by atoms with Crippen LogP contribution in [0.4, 0.5) is 15.3 Å². The quantitative estimate of drug-likeness (QED) is 0.712. The van der Waals surface area contributed by atoms with E-state index in [2.05, 4.69) is 16.0 Å². The molecule has 8 nitrogen and oxygen atoms in total. The highest BCUT2D eigenvalue weighted by Gasteiger charge is 2.56. The molecule has 1 unspecified atom stereocenters. The molecule has 0 aromatic heterocycles. The minimum Gasteiger partial charge on any atom is -0.323 e. The van der Waals surface area contributed by atoms with E-state index < -0.39 is 36.0 Å². The van der Waals surface area contributed by atoms with Crippen molar-refractivity contribution in [2.75, 3.05) is 11.9 Å². The summed E-state index contributed by atoms with van der Waals surface area (Å²) >= 11 is 0. The lowest BCUT2D eigenvalue weighted by atomic mass is 9.96. The first kappa shape index (κ1) is 17.9. The van der Waals surface area contributed by atoms with Crippen LogP contribution >= 0.6 is 0 Å². The average Bonchev–Trinajstić information content (AvgIpc) is 3.36. The van der Waals surface area contributed by atoms with Gasteiger partial charge < -0.3 is 10.6 Å². The van der Waals surface area contributed by atoms with Crippen molar-refractivity contribution in [2.24, 2.45) is 5.92 Å². The summed E-state index contributed by atoms with van der Waals surface area (Å²) in [7, 11) is 0. The third-order valence-corrected chi connectivity index (χ3v) is 4.88. The second-order valence-electron chi connectivity index (χ2n) is 7.12. The maximum absolute atomic E-state index is 12.5. The minimum atomic E-state index is -0.946. The van der Waals surface area contributed by atoms with Crippen LogP contribution in [0.1, 0.15) is 30.9 Å². The molecule has 1 heterocycles. The Morgan fingerprint density at radius 2 is 1.96 bits per heavy atom. The molecule has 1 saturated carbocycles. The second kappa shape index (κ2) is 6.44. The Morgan fingerprint density at radius 3 is 2.58 bits per heavy atom. The number of anilines is 1. The normalized spacial score (nSPS) is 22.2. The zero-order valence-corrected chi connectivity index (χ0v) is 15.0. The van der Waals surface area contributed by atoms with Crippen molar-refractivity contribution < 1.29 is 19.2 Å². The van der Waals surface area contributed by atoms with Crippen molar-refractivity contribution >= 4 is 29.6 Å². The molecular weight excluding hydrogens is 336 g/mol. The zero-order chi connectivity index (χ0) is 19.1. The number of imide groups is 2. The summed E-state index contributed by atoms with van der Waals surface area (Å²) in [5.41, 5.74) is 1.56. The molecule has 0 radical (unpaired) electrons. The molecule has 1 aromatic rings. The first-order valence-electron chi connectivity index (χ1n) is 8.53. The molecule has 138 valence electrons. The molecule has 1 aliphatic heterocycles. The molecular formula is C18H22N4O4. The Kier molecular flexibility index (Phi) is 4.43. The molecule has 6 amide bonds. The van der Waals surface area contributed by atoms with Crippen LogP contribution in [-0.2, 0) is 9.59 Å². The first-order chi connectivity index (χ1) is 12.2. The number of hydrogen-bond acceptors (Lipinski definition) is 4. The highest BCUT2D eigenvalue weighted by atomic mass is 16.2. The van der Waals surface area contributed by atoms with Gasteiger partial charge in [0, 0.05) is 5.69 Å². The van der Waals surface area contributed by atoms with E-state index in [9.17, 15) is 19.2 Å². The number of carbonyl (C=O) groups excluding carboxylic acids is 4. The molecule has 1 saturated heterocycles. The zero-order valence-electron chi connectivity index (χ0n) is 15.0. The number of benzene rings is 1. The summed E-state index contributed by atoms with van der Waals surface area (Å²) in [4.78, 5) is 49.4. The van der Waals surface area contributed by atoms with E-state index in [1.807, 2.05) is 26.0 Å². The fourth-order valence-corrected chi connectivity index (χ4v) is 3.21. The predicted octanol–water partition coefficient (Wildman–Crippen LogP) is 1.67. The van der Waals surface area contributed by atoms with E-state index in [1.165, 1.54) is 0 Å². The topological polar surface area (TPSA) is 108 Å². The minimum absolute atomic E-state index is 0.111. The van der Waals surface area contributed by atoms with Gasteiger partial charge in [0.1, 0.15) is 12.1 Å². The monoisotopic (exact) mass is 358 g/mol. The molecule has 0 spiro atoms. The van der Waals surface area contributed by atoms with Crippen molar-refractivity contribution in [3.8, 4) is 0 Å². The predicted molar refractivity (Wildman–Crippen MR) is 94.5 cm³/mol. The number of nitrogens with zero attached hydrogens (tertiary/aromatic N) is 1. The van der Waals surface area contributed by atoms with Gasteiger partial charge in [0.15, 0.2) is 0 Å². The number of aryl methyl sites for hydroxylation is 2. The number of carbonyl (C=O) groups is 4. The Labute approximate surface area is 151 Å². The second-order valence-corrected chi connectivity index (χ2v) is 7.12. The van der Waals surface area contributed by atoms with Gasteiger partial charge in [-0.05, 0) is 51.2 Å². The number of amides is 6. The van der Waals surface area contributed by atoms with Crippen LogP contribution in [-0.4, -0.2) is 40.9 Å². The molecule has 8 heteroatoms. The maximum atomic E-state index is 12.5. The Morgan fingerprint density at radius 1 is 1.27 bits per heavy atom. The van der Waals surface area contributed by atoms with Crippen molar-refractivity contribution in [3.05, 3.63) is 29.3 Å². The number of hydrogen-bond donors (Lipinski definition) is 3. The highest BCUT2D eigenvalue weighted by molar-refractivity contribution is 6.10. The first-order valence-corrected chi connectivity index (χ1v) is 8.53. The van der Waals surface area contributed by atoms with E-state index in [0.29, 0.717) is 5.69 Å². The van der Waals surface area contributed by atoms with Gasteiger partial charge in [-0.25, -0.2) is 9.59 Å². The van der Waals surface area contributed by atoms with E-state index >= 15 is 0 Å². The third-order valence-electron chi connectivity index (χ3n) is 4.88. The van der Waals surface area contributed by atoms with Gasteiger partial charge in [-0.1, -0.05) is 17.7 Å². The molecule has 1 atom stereocenters. The molecule has 3 rings (SSSR count). The van der Waals surface area contributed by atoms with Gasteiger partial charge in [-0.15, -0.1) is 0 Å². The molecule has 3 N–H and O–H groups in total. The molecule has 1 aliphatic carbocycles. The van der Waals surface area contributed by atoms with Crippen LogP contribution in [0.3, 0.4) is 0 Å². The van der Waals surface area contributed by atoms with Crippen molar-refractivity contribution in [2.45, 2.75) is 39.2 Å². The summed E-state index contributed by atoms with van der Waals surface area (Å²) in [6.07, 6.45) is 1.75. The van der Waals surface area contributed by atoms with Gasteiger partial charge in [0.2, 0.25) is 5.91 Å². The van der Waals surface area contributed by atoms with Crippen molar-refractivity contribution in [1.29, 1.82) is 0 Å². The Bertz CT molecular complexity index is 802.